The molecule has 1 aromatic rings. The van der Waals surface area contributed by atoms with E-state index in [4.69, 9.17) is 0 Å². The number of hydrogen-bond acceptors (Lipinski definition) is 5. The molecule has 1 fully saturated rings. The first-order valence-corrected chi connectivity index (χ1v) is 7.33. The smallest absolute Gasteiger partial charge is 0.270 e. The standard InChI is InChI=1S/C11H15N3O4S.ClH/c1-9-2-3-10(14(15)16)8-11(9)19(17,18)13-6-4-12-5-7-13;/h2-3,8,12H,4-7H2,1H3;1H. The monoisotopic (exact) mass is 321 g/mol. The molecule has 1 N–H and O–H groups in total. The summed E-state index contributed by atoms with van der Waals surface area (Å²) in [6.07, 6.45) is 0. The molecule has 0 saturated carbocycles. The second kappa shape index (κ2) is 6.49. The van der Waals surface area contributed by atoms with Crippen molar-refractivity contribution in [3.63, 3.8) is 0 Å². The van der Waals surface area contributed by atoms with E-state index in [1.807, 2.05) is 0 Å². The van der Waals surface area contributed by atoms with Gasteiger partial charge in [-0.05, 0) is 12.5 Å². The van der Waals surface area contributed by atoms with Gasteiger partial charge in [0, 0.05) is 38.3 Å². The van der Waals surface area contributed by atoms with Gasteiger partial charge in [-0.1, -0.05) is 6.07 Å². The number of benzene rings is 1. The highest BCUT2D eigenvalue weighted by Crippen LogP contribution is 2.24. The van der Waals surface area contributed by atoms with Gasteiger partial charge in [0.1, 0.15) is 0 Å². The molecule has 0 unspecified atom stereocenters. The number of non-ortho nitro benzene ring substituents is 1. The Morgan fingerprint density at radius 1 is 1.30 bits per heavy atom. The largest absolute Gasteiger partial charge is 0.314 e. The highest BCUT2D eigenvalue weighted by Gasteiger charge is 2.28. The Morgan fingerprint density at radius 2 is 1.90 bits per heavy atom. The van der Waals surface area contributed by atoms with Crippen molar-refractivity contribution in [1.82, 2.24) is 9.62 Å². The minimum absolute atomic E-state index is 0. The van der Waals surface area contributed by atoms with Gasteiger partial charge < -0.3 is 5.32 Å². The summed E-state index contributed by atoms with van der Waals surface area (Å²) in [5.41, 5.74) is 0.309. The highest BCUT2D eigenvalue weighted by molar-refractivity contribution is 7.89. The van der Waals surface area contributed by atoms with Crippen LogP contribution in [0.2, 0.25) is 0 Å². The minimum Gasteiger partial charge on any atom is -0.314 e. The summed E-state index contributed by atoms with van der Waals surface area (Å²) in [6, 6.07) is 3.91. The molecule has 0 aliphatic carbocycles. The van der Waals surface area contributed by atoms with Gasteiger partial charge in [0.05, 0.1) is 9.82 Å². The maximum atomic E-state index is 12.5. The quantitative estimate of drug-likeness (QED) is 0.660. The van der Waals surface area contributed by atoms with Crippen molar-refractivity contribution in [3.8, 4) is 0 Å². The number of nitrogens with zero attached hydrogens (tertiary/aromatic N) is 2. The van der Waals surface area contributed by atoms with Gasteiger partial charge in [-0.3, -0.25) is 10.1 Å². The topological polar surface area (TPSA) is 92.5 Å². The molecule has 0 aromatic heterocycles. The van der Waals surface area contributed by atoms with Gasteiger partial charge in [-0.25, -0.2) is 8.42 Å². The molecule has 2 rings (SSSR count). The maximum Gasteiger partial charge on any atom is 0.270 e. The minimum atomic E-state index is -3.66. The van der Waals surface area contributed by atoms with Crippen molar-refractivity contribution in [2.75, 3.05) is 26.2 Å². The van der Waals surface area contributed by atoms with Crippen LogP contribution in [0, 0.1) is 17.0 Å². The third kappa shape index (κ3) is 3.26. The van der Waals surface area contributed by atoms with Crippen LogP contribution >= 0.6 is 12.4 Å². The summed E-state index contributed by atoms with van der Waals surface area (Å²) in [4.78, 5) is 10.2. The van der Waals surface area contributed by atoms with Gasteiger partial charge in [0.15, 0.2) is 0 Å². The predicted molar refractivity (Wildman–Crippen MR) is 76.7 cm³/mol. The zero-order chi connectivity index (χ0) is 14.0. The van der Waals surface area contributed by atoms with Crippen LogP contribution in [0.15, 0.2) is 23.1 Å². The molecule has 0 radical (unpaired) electrons. The van der Waals surface area contributed by atoms with Gasteiger partial charge in [-0.2, -0.15) is 4.31 Å². The lowest BCUT2D eigenvalue weighted by Crippen LogP contribution is -2.46. The summed E-state index contributed by atoms with van der Waals surface area (Å²) in [6.45, 7) is 3.58. The lowest BCUT2D eigenvalue weighted by molar-refractivity contribution is -0.385. The molecule has 1 saturated heterocycles. The van der Waals surface area contributed by atoms with E-state index in [0.717, 1.165) is 6.07 Å². The van der Waals surface area contributed by atoms with E-state index in [1.54, 1.807) is 6.92 Å². The normalized spacial score (nSPS) is 16.4. The molecular formula is C11H16ClN3O4S. The molecular weight excluding hydrogens is 306 g/mol. The number of nitro groups is 1. The fourth-order valence-electron chi connectivity index (χ4n) is 2.00. The summed E-state index contributed by atoms with van der Waals surface area (Å²) >= 11 is 0. The second-order valence-electron chi connectivity index (χ2n) is 4.36. The van der Waals surface area contributed by atoms with Crippen LogP contribution in [0.1, 0.15) is 5.56 Å². The average molecular weight is 322 g/mol. The number of piperazine rings is 1. The van der Waals surface area contributed by atoms with E-state index in [1.165, 1.54) is 16.4 Å². The van der Waals surface area contributed by atoms with Crippen LogP contribution in [0.3, 0.4) is 0 Å². The zero-order valence-electron chi connectivity index (χ0n) is 10.9. The third-order valence-electron chi connectivity index (χ3n) is 3.08. The lowest BCUT2D eigenvalue weighted by atomic mass is 10.2. The van der Waals surface area contributed by atoms with Crippen LogP contribution in [0.4, 0.5) is 5.69 Å². The Kier molecular flexibility index (Phi) is 5.46. The van der Waals surface area contributed by atoms with E-state index in [2.05, 4.69) is 5.32 Å². The molecule has 1 aromatic carbocycles. The highest BCUT2D eigenvalue weighted by atomic mass is 35.5. The maximum absolute atomic E-state index is 12.5. The average Bonchev–Trinajstić information content (AvgIpc) is 2.39. The Labute approximate surface area is 123 Å². The Balaban J connectivity index is 0.00000200. The number of nitrogens with one attached hydrogen (secondary N) is 1. The first-order chi connectivity index (χ1) is 8.93. The van der Waals surface area contributed by atoms with Crippen LogP contribution in [0.5, 0.6) is 0 Å². The number of halogens is 1. The number of nitro benzene ring substituents is 1. The number of sulfonamides is 1. The summed E-state index contributed by atoms with van der Waals surface area (Å²) < 4.78 is 26.3. The Hall–Kier alpha value is -1.22. The Morgan fingerprint density at radius 3 is 2.45 bits per heavy atom. The van der Waals surface area contributed by atoms with Crippen LogP contribution in [0.25, 0.3) is 0 Å². The molecule has 0 amide bonds. The molecule has 1 aliphatic heterocycles. The van der Waals surface area contributed by atoms with Crippen molar-refractivity contribution >= 4 is 28.1 Å². The summed E-state index contributed by atoms with van der Waals surface area (Å²) in [5, 5.41) is 13.8. The van der Waals surface area contributed by atoms with Crippen molar-refractivity contribution in [2.45, 2.75) is 11.8 Å². The Bertz CT molecular complexity index is 600. The number of rotatable bonds is 3. The van der Waals surface area contributed by atoms with Gasteiger partial charge in [0.25, 0.3) is 5.69 Å². The fraction of sp³-hybridized carbons (Fsp3) is 0.455. The van der Waals surface area contributed by atoms with E-state index in [9.17, 15) is 18.5 Å². The molecule has 1 heterocycles. The van der Waals surface area contributed by atoms with Crippen molar-refractivity contribution < 1.29 is 13.3 Å². The third-order valence-corrected chi connectivity index (χ3v) is 5.12. The fourth-order valence-corrected chi connectivity index (χ4v) is 3.69. The molecule has 7 nitrogen and oxygen atoms in total. The molecule has 112 valence electrons. The molecule has 0 atom stereocenters. The van der Waals surface area contributed by atoms with Gasteiger partial charge in [0.2, 0.25) is 10.0 Å². The molecule has 1 aliphatic rings. The molecule has 0 bridgehead atoms. The lowest BCUT2D eigenvalue weighted by Gasteiger charge is -2.27. The van der Waals surface area contributed by atoms with Crippen molar-refractivity contribution in [2.24, 2.45) is 0 Å². The molecule has 20 heavy (non-hydrogen) atoms. The first kappa shape index (κ1) is 16.8. The van der Waals surface area contributed by atoms with Crippen LogP contribution < -0.4 is 5.32 Å². The van der Waals surface area contributed by atoms with E-state index >= 15 is 0 Å². The predicted octanol–water partition coefficient (Wildman–Crippen LogP) is 0.919. The zero-order valence-corrected chi connectivity index (χ0v) is 12.5. The number of hydrogen-bond donors (Lipinski definition) is 1. The van der Waals surface area contributed by atoms with Crippen LogP contribution in [-0.2, 0) is 10.0 Å². The van der Waals surface area contributed by atoms with Crippen molar-refractivity contribution in [1.29, 1.82) is 0 Å². The van der Waals surface area contributed by atoms with Crippen LogP contribution in [-0.4, -0.2) is 43.8 Å². The SMILES string of the molecule is Cc1ccc([N+](=O)[O-])cc1S(=O)(=O)N1CCNCC1.Cl. The molecule has 0 spiro atoms. The summed E-state index contributed by atoms with van der Waals surface area (Å²) in [7, 11) is -3.66. The van der Waals surface area contributed by atoms with E-state index < -0.39 is 14.9 Å². The van der Waals surface area contributed by atoms with Gasteiger partial charge in [-0.15, -0.1) is 12.4 Å². The summed E-state index contributed by atoms with van der Waals surface area (Å²) in [5.74, 6) is 0. The van der Waals surface area contributed by atoms with E-state index in [0.29, 0.717) is 31.7 Å². The second-order valence-corrected chi connectivity index (χ2v) is 6.27. The van der Waals surface area contributed by atoms with E-state index in [-0.39, 0.29) is 23.0 Å². The first-order valence-electron chi connectivity index (χ1n) is 5.89. The van der Waals surface area contributed by atoms with Crippen molar-refractivity contribution in [3.05, 3.63) is 33.9 Å². The number of aryl methyl sites for hydroxylation is 1. The van der Waals surface area contributed by atoms with Gasteiger partial charge >= 0.3 is 0 Å². The molecule has 9 heteroatoms.